The first-order valence-corrected chi connectivity index (χ1v) is 7.52. The van der Waals surface area contributed by atoms with Crippen LogP contribution in [-0.2, 0) is 6.54 Å². The fraction of sp³-hybridized carbons (Fsp3) is 0.312. The van der Waals surface area contributed by atoms with E-state index in [0.29, 0.717) is 5.92 Å². The van der Waals surface area contributed by atoms with Crippen molar-refractivity contribution in [3.05, 3.63) is 52.1 Å². The summed E-state index contributed by atoms with van der Waals surface area (Å²) in [5.41, 5.74) is 3.75. The van der Waals surface area contributed by atoms with Gasteiger partial charge >= 0.3 is 0 Å². The molecular weight excluding hydrogens is 252 g/mol. The Morgan fingerprint density at radius 1 is 1.26 bits per heavy atom. The minimum atomic E-state index is 0.515. The fourth-order valence-corrected chi connectivity index (χ4v) is 3.21. The summed E-state index contributed by atoms with van der Waals surface area (Å²) in [4.78, 5) is 4.73. The van der Waals surface area contributed by atoms with Crippen molar-refractivity contribution in [1.29, 1.82) is 0 Å². The van der Waals surface area contributed by atoms with E-state index in [9.17, 15) is 0 Å². The predicted octanol–water partition coefficient (Wildman–Crippen LogP) is 4.58. The second-order valence-corrected chi connectivity index (χ2v) is 6.15. The summed E-state index contributed by atoms with van der Waals surface area (Å²) in [6.45, 7) is 7.41. The average molecular weight is 270 g/mol. The summed E-state index contributed by atoms with van der Waals surface area (Å²) < 4.78 is 2.34. The number of nitrogens with zero attached hydrogens (tertiary/aromatic N) is 2. The third kappa shape index (κ3) is 2.30. The summed E-state index contributed by atoms with van der Waals surface area (Å²) >= 11 is 1.77. The number of fused-ring (bicyclic) bond motifs is 1. The Labute approximate surface area is 117 Å². The van der Waals surface area contributed by atoms with Gasteiger partial charge in [-0.25, -0.2) is 4.98 Å². The van der Waals surface area contributed by atoms with Gasteiger partial charge in [0.25, 0.3) is 0 Å². The Balaban J connectivity index is 1.98. The molecule has 3 aromatic rings. The highest BCUT2D eigenvalue weighted by Gasteiger charge is 2.09. The number of aryl methyl sites for hydroxylation is 1. The van der Waals surface area contributed by atoms with Crippen LogP contribution in [0.15, 0.2) is 35.7 Å². The van der Waals surface area contributed by atoms with Crippen LogP contribution in [0.3, 0.4) is 0 Å². The maximum absolute atomic E-state index is 4.73. The van der Waals surface area contributed by atoms with Gasteiger partial charge in [0.15, 0.2) is 0 Å². The third-order valence-electron chi connectivity index (χ3n) is 3.40. The van der Waals surface area contributed by atoms with E-state index in [2.05, 4.69) is 61.1 Å². The highest BCUT2D eigenvalue weighted by Crippen LogP contribution is 2.23. The molecule has 1 aromatic carbocycles. The summed E-state index contributed by atoms with van der Waals surface area (Å²) in [5.74, 6) is 0.515. The molecule has 0 unspecified atom stereocenters. The zero-order chi connectivity index (χ0) is 13.4. The molecule has 0 fully saturated rings. The number of aromatic nitrogens is 2. The molecule has 0 saturated carbocycles. The van der Waals surface area contributed by atoms with Gasteiger partial charge < -0.3 is 4.57 Å². The topological polar surface area (TPSA) is 17.8 Å². The van der Waals surface area contributed by atoms with Crippen LogP contribution < -0.4 is 0 Å². The minimum Gasteiger partial charge on any atom is -0.339 e. The van der Waals surface area contributed by atoms with Crippen molar-refractivity contribution in [2.45, 2.75) is 33.2 Å². The molecule has 0 atom stereocenters. The molecule has 98 valence electrons. The number of para-hydroxylation sites is 1. The molecule has 0 aliphatic carbocycles. The molecule has 3 rings (SSSR count). The van der Waals surface area contributed by atoms with E-state index in [1.165, 1.54) is 21.6 Å². The Morgan fingerprint density at radius 2 is 2.05 bits per heavy atom. The Hall–Kier alpha value is -1.61. The van der Waals surface area contributed by atoms with Gasteiger partial charge in [0, 0.05) is 22.5 Å². The van der Waals surface area contributed by atoms with Crippen LogP contribution in [-0.4, -0.2) is 9.55 Å². The Morgan fingerprint density at radius 3 is 2.79 bits per heavy atom. The second-order valence-electron chi connectivity index (χ2n) is 5.26. The monoisotopic (exact) mass is 270 g/mol. The predicted molar refractivity (Wildman–Crippen MR) is 82.0 cm³/mol. The summed E-state index contributed by atoms with van der Waals surface area (Å²) in [6, 6.07) is 10.8. The minimum absolute atomic E-state index is 0.515. The van der Waals surface area contributed by atoms with Gasteiger partial charge in [-0.3, -0.25) is 0 Å². The number of rotatable bonds is 3. The Bertz CT molecular complexity index is 706. The lowest BCUT2D eigenvalue weighted by Gasteiger charge is -2.06. The maximum atomic E-state index is 4.73. The number of thiazole rings is 1. The zero-order valence-electron chi connectivity index (χ0n) is 11.6. The van der Waals surface area contributed by atoms with Crippen molar-refractivity contribution in [2.24, 2.45) is 0 Å². The van der Waals surface area contributed by atoms with Crippen LogP contribution in [0.25, 0.3) is 10.9 Å². The smallest absolute Gasteiger partial charge is 0.0954 e. The zero-order valence-corrected chi connectivity index (χ0v) is 12.4. The van der Waals surface area contributed by atoms with Crippen LogP contribution in [0.4, 0.5) is 0 Å². The molecule has 2 nitrogen and oxygen atoms in total. The van der Waals surface area contributed by atoms with Gasteiger partial charge in [-0.05, 0) is 24.4 Å². The molecule has 0 saturated heterocycles. The molecule has 0 bridgehead atoms. The summed E-state index contributed by atoms with van der Waals surface area (Å²) in [6.07, 6.45) is 0. The first kappa shape index (κ1) is 12.4. The molecule has 2 aromatic heterocycles. The lowest BCUT2D eigenvalue weighted by atomic mass is 10.2. The van der Waals surface area contributed by atoms with Gasteiger partial charge in [0.2, 0.25) is 0 Å². The SMILES string of the molecule is Cc1cc2ccccc2n1Cc1csc(C(C)C)n1. The van der Waals surface area contributed by atoms with Gasteiger partial charge in [-0.2, -0.15) is 0 Å². The van der Waals surface area contributed by atoms with Crippen LogP contribution >= 0.6 is 11.3 Å². The van der Waals surface area contributed by atoms with E-state index in [4.69, 9.17) is 4.98 Å². The molecule has 3 heteroatoms. The molecule has 0 spiro atoms. The van der Waals surface area contributed by atoms with E-state index in [-0.39, 0.29) is 0 Å². The summed E-state index contributed by atoms with van der Waals surface area (Å²) in [7, 11) is 0. The van der Waals surface area contributed by atoms with Crippen molar-refractivity contribution >= 4 is 22.2 Å². The molecule has 0 radical (unpaired) electrons. The van der Waals surface area contributed by atoms with Gasteiger partial charge in [0.1, 0.15) is 0 Å². The van der Waals surface area contributed by atoms with E-state index in [1.807, 2.05) is 0 Å². The fourth-order valence-electron chi connectivity index (χ4n) is 2.38. The van der Waals surface area contributed by atoms with Crippen LogP contribution in [0.5, 0.6) is 0 Å². The Kier molecular flexibility index (Phi) is 3.15. The van der Waals surface area contributed by atoms with Crippen molar-refractivity contribution in [3.63, 3.8) is 0 Å². The van der Waals surface area contributed by atoms with Gasteiger partial charge in [-0.1, -0.05) is 32.0 Å². The average Bonchev–Trinajstić information content (AvgIpc) is 2.96. The van der Waals surface area contributed by atoms with E-state index < -0.39 is 0 Å². The second kappa shape index (κ2) is 4.82. The van der Waals surface area contributed by atoms with E-state index >= 15 is 0 Å². The largest absolute Gasteiger partial charge is 0.339 e. The normalized spacial score (nSPS) is 11.6. The molecule has 0 amide bonds. The van der Waals surface area contributed by atoms with Gasteiger partial charge in [-0.15, -0.1) is 11.3 Å². The number of hydrogen-bond acceptors (Lipinski definition) is 2. The van der Waals surface area contributed by atoms with Crippen LogP contribution in [0, 0.1) is 6.92 Å². The van der Waals surface area contributed by atoms with Crippen molar-refractivity contribution in [3.8, 4) is 0 Å². The quantitative estimate of drug-likeness (QED) is 0.681. The maximum Gasteiger partial charge on any atom is 0.0954 e. The first-order chi connectivity index (χ1) is 9.15. The molecule has 0 N–H and O–H groups in total. The number of hydrogen-bond donors (Lipinski definition) is 0. The van der Waals surface area contributed by atoms with E-state index in [0.717, 1.165) is 12.2 Å². The van der Waals surface area contributed by atoms with Gasteiger partial charge in [0.05, 0.1) is 17.2 Å². The summed E-state index contributed by atoms with van der Waals surface area (Å²) in [5, 5.41) is 4.72. The number of benzene rings is 1. The van der Waals surface area contributed by atoms with Crippen LogP contribution in [0.2, 0.25) is 0 Å². The molecule has 0 aliphatic rings. The highest BCUT2D eigenvalue weighted by molar-refractivity contribution is 7.09. The first-order valence-electron chi connectivity index (χ1n) is 6.64. The van der Waals surface area contributed by atoms with Crippen molar-refractivity contribution in [2.75, 3.05) is 0 Å². The lowest BCUT2D eigenvalue weighted by Crippen LogP contribution is -2.02. The third-order valence-corrected chi connectivity index (χ3v) is 4.60. The van der Waals surface area contributed by atoms with Crippen LogP contribution in [0.1, 0.15) is 36.2 Å². The van der Waals surface area contributed by atoms with E-state index in [1.54, 1.807) is 11.3 Å². The lowest BCUT2D eigenvalue weighted by molar-refractivity contribution is 0.768. The highest BCUT2D eigenvalue weighted by atomic mass is 32.1. The molecule has 2 heterocycles. The molecular formula is C16H18N2S. The standard InChI is InChI=1S/C16H18N2S/c1-11(2)16-17-14(10-19-16)9-18-12(3)8-13-6-4-5-7-15(13)18/h4-8,10-11H,9H2,1-3H3. The molecule has 0 aliphatic heterocycles. The van der Waals surface area contributed by atoms with Crippen molar-refractivity contribution in [1.82, 2.24) is 9.55 Å². The molecule has 19 heavy (non-hydrogen) atoms. The van der Waals surface area contributed by atoms with Crippen molar-refractivity contribution < 1.29 is 0 Å².